The molecule has 2 unspecified atom stereocenters. The molecular weight excluding hydrogens is 268 g/mol. The molecule has 1 fully saturated rings. The van der Waals surface area contributed by atoms with Crippen molar-refractivity contribution in [3.63, 3.8) is 0 Å². The zero-order chi connectivity index (χ0) is 15.4. The van der Waals surface area contributed by atoms with E-state index in [1.54, 1.807) is 18.3 Å². The van der Waals surface area contributed by atoms with E-state index in [9.17, 15) is 5.11 Å². The van der Waals surface area contributed by atoms with E-state index >= 15 is 0 Å². The Morgan fingerprint density at radius 3 is 2.14 bits per heavy atom. The summed E-state index contributed by atoms with van der Waals surface area (Å²) in [6, 6.07) is 4.40. The van der Waals surface area contributed by atoms with E-state index in [2.05, 4.69) is 24.0 Å². The number of aromatic hydroxyl groups is 1. The summed E-state index contributed by atoms with van der Waals surface area (Å²) >= 11 is 0. The molecular formula is C16H24N2O3. The van der Waals surface area contributed by atoms with Crippen molar-refractivity contribution in [2.45, 2.75) is 45.2 Å². The van der Waals surface area contributed by atoms with Crippen molar-refractivity contribution in [1.29, 1.82) is 0 Å². The molecule has 1 N–H and O–H groups in total. The Morgan fingerprint density at radius 2 is 1.67 bits per heavy atom. The van der Waals surface area contributed by atoms with Gasteiger partial charge in [-0.3, -0.25) is 5.01 Å². The second kappa shape index (κ2) is 6.70. The van der Waals surface area contributed by atoms with Crippen LogP contribution >= 0.6 is 0 Å². The molecule has 2 rings (SSSR count). The number of hydrogen-bond donors (Lipinski definition) is 1. The molecule has 5 heteroatoms. The first kappa shape index (κ1) is 15.5. The molecule has 1 aliphatic rings. The van der Waals surface area contributed by atoms with Crippen molar-refractivity contribution < 1.29 is 14.6 Å². The number of phenols is 1. The van der Waals surface area contributed by atoms with Gasteiger partial charge in [0.2, 0.25) is 5.75 Å². The Hall–Kier alpha value is -1.91. The van der Waals surface area contributed by atoms with E-state index in [1.807, 2.05) is 0 Å². The number of benzene rings is 1. The predicted molar refractivity (Wildman–Crippen MR) is 83.4 cm³/mol. The van der Waals surface area contributed by atoms with E-state index in [4.69, 9.17) is 9.47 Å². The number of methoxy groups -OCH3 is 2. The Morgan fingerprint density at radius 1 is 1.14 bits per heavy atom. The van der Waals surface area contributed by atoms with Crippen LogP contribution in [0.1, 0.15) is 38.7 Å². The normalized spacial score (nSPS) is 22.6. The second-order valence-electron chi connectivity index (χ2n) is 5.53. The minimum Gasteiger partial charge on any atom is -0.502 e. The number of hydrogen-bond acceptors (Lipinski definition) is 5. The SMILES string of the molecule is COc1cc(/C=N/N2C(C)CCCC2C)cc(OC)c1O. The zero-order valence-corrected chi connectivity index (χ0v) is 13.2. The molecule has 1 aromatic rings. The van der Waals surface area contributed by atoms with Crippen LogP contribution in [0, 0.1) is 0 Å². The second-order valence-corrected chi connectivity index (χ2v) is 5.53. The lowest BCUT2D eigenvalue weighted by molar-refractivity contribution is 0.109. The molecule has 0 amide bonds. The Labute approximate surface area is 126 Å². The fraction of sp³-hybridized carbons (Fsp3) is 0.562. The van der Waals surface area contributed by atoms with Crippen LogP contribution in [0.4, 0.5) is 0 Å². The Bertz CT molecular complexity index is 481. The maximum absolute atomic E-state index is 9.91. The van der Waals surface area contributed by atoms with Gasteiger partial charge in [0.1, 0.15) is 0 Å². The van der Waals surface area contributed by atoms with Crippen LogP contribution in [-0.2, 0) is 0 Å². The summed E-state index contributed by atoms with van der Waals surface area (Å²) in [5, 5.41) is 16.7. The van der Waals surface area contributed by atoms with Crippen molar-refractivity contribution in [3.8, 4) is 17.2 Å². The first-order chi connectivity index (χ1) is 10.1. The number of hydrazone groups is 1. The third kappa shape index (κ3) is 3.40. The summed E-state index contributed by atoms with van der Waals surface area (Å²) < 4.78 is 10.3. The van der Waals surface area contributed by atoms with Crippen molar-refractivity contribution in [3.05, 3.63) is 17.7 Å². The van der Waals surface area contributed by atoms with Gasteiger partial charge in [0.25, 0.3) is 0 Å². The fourth-order valence-electron chi connectivity index (χ4n) is 2.76. The zero-order valence-electron chi connectivity index (χ0n) is 13.2. The highest BCUT2D eigenvalue weighted by Crippen LogP contribution is 2.36. The minimum atomic E-state index is 0.0110. The largest absolute Gasteiger partial charge is 0.502 e. The van der Waals surface area contributed by atoms with Gasteiger partial charge in [-0.2, -0.15) is 5.10 Å². The molecule has 0 aromatic heterocycles. The molecule has 1 saturated heterocycles. The first-order valence-electron chi connectivity index (χ1n) is 7.34. The van der Waals surface area contributed by atoms with Crippen LogP contribution < -0.4 is 9.47 Å². The van der Waals surface area contributed by atoms with E-state index < -0.39 is 0 Å². The molecule has 0 spiro atoms. The number of rotatable bonds is 4. The average molecular weight is 292 g/mol. The standard InChI is InChI=1S/C16H24N2O3/c1-11-6-5-7-12(2)18(11)17-10-13-8-14(20-3)16(19)15(9-13)21-4/h8-12,19H,5-7H2,1-4H3/b17-10+. The molecule has 0 bridgehead atoms. The molecule has 2 atom stereocenters. The van der Waals surface area contributed by atoms with E-state index in [0.717, 1.165) is 5.56 Å². The highest BCUT2D eigenvalue weighted by molar-refractivity contribution is 5.82. The number of phenolic OH excluding ortho intramolecular Hbond substituents is 1. The smallest absolute Gasteiger partial charge is 0.200 e. The van der Waals surface area contributed by atoms with Crippen molar-refractivity contribution in [1.82, 2.24) is 5.01 Å². The van der Waals surface area contributed by atoms with Gasteiger partial charge in [-0.1, -0.05) is 0 Å². The summed E-state index contributed by atoms with van der Waals surface area (Å²) in [4.78, 5) is 0. The van der Waals surface area contributed by atoms with Gasteiger partial charge in [0.15, 0.2) is 11.5 Å². The van der Waals surface area contributed by atoms with Crippen LogP contribution in [-0.4, -0.2) is 42.6 Å². The maximum Gasteiger partial charge on any atom is 0.200 e. The Kier molecular flexibility index (Phi) is 4.94. The van der Waals surface area contributed by atoms with Crippen molar-refractivity contribution in [2.75, 3.05) is 14.2 Å². The van der Waals surface area contributed by atoms with Crippen molar-refractivity contribution in [2.24, 2.45) is 5.10 Å². The lowest BCUT2D eigenvalue weighted by Gasteiger charge is -2.36. The van der Waals surface area contributed by atoms with Crippen LogP contribution in [0.5, 0.6) is 17.2 Å². The molecule has 1 heterocycles. The van der Waals surface area contributed by atoms with Crippen LogP contribution in [0.25, 0.3) is 0 Å². The number of piperidine rings is 1. The quantitative estimate of drug-likeness (QED) is 0.867. The third-order valence-electron chi connectivity index (χ3n) is 3.99. The summed E-state index contributed by atoms with van der Waals surface area (Å²) in [7, 11) is 3.04. The van der Waals surface area contributed by atoms with Gasteiger partial charge in [-0.15, -0.1) is 0 Å². The van der Waals surface area contributed by atoms with Gasteiger partial charge in [0.05, 0.1) is 20.4 Å². The van der Waals surface area contributed by atoms with E-state index in [-0.39, 0.29) is 5.75 Å². The Balaban J connectivity index is 2.24. The molecule has 116 valence electrons. The van der Waals surface area contributed by atoms with Gasteiger partial charge < -0.3 is 14.6 Å². The lowest BCUT2D eigenvalue weighted by atomic mass is 10.00. The molecule has 0 saturated carbocycles. The minimum absolute atomic E-state index is 0.0110. The van der Waals surface area contributed by atoms with Crippen LogP contribution in [0.15, 0.2) is 17.2 Å². The lowest BCUT2D eigenvalue weighted by Crippen LogP contribution is -2.39. The molecule has 0 radical (unpaired) electrons. The molecule has 0 aliphatic carbocycles. The third-order valence-corrected chi connectivity index (χ3v) is 3.99. The summed E-state index contributed by atoms with van der Waals surface area (Å²) in [5.74, 6) is 0.781. The highest BCUT2D eigenvalue weighted by Gasteiger charge is 2.22. The average Bonchev–Trinajstić information content (AvgIpc) is 2.48. The monoisotopic (exact) mass is 292 g/mol. The molecule has 1 aromatic carbocycles. The van der Waals surface area contributed by atoms with Crippen LogP contribution in [0.2, 0.25) is 0 Å². The number of nitrogens with zero attached hydrogens (tertiary/aromatic N) is 2. The first-order valence-corrected chi connectivity index (χ1v) is 7.34. The molecule has 1 aliphatic heterocycles. The van der Waals surface area contributed by atoms with Gasteiger partial charge in [-0.25, -0.2) is 0 Å². The van der Waals surface area contributed by atoms with Crippen LogP contribution in [0.3, 0.4) is 0 Å². The van der Waals surface area contributed by atoms with Crippen molar-refractivity contribution >= 4 is 6.21 Å². The topological polar surface area (TPSA) is 54.3 Å². The van der Waals surface area contributed by atoms with Gasteiger partial charge in [-0.05, 0) is 45.2 Å². The number of ether oxygens (including phenoxy) is 2. The van der Waals surface area contributed by atoms with Gasteiger partial charge >= 0.3 is 0 Å². The summed E-state index contributed by atoms with van der Waals surface area (Å²) in [6.07, 6.45) is 5.39. The van der Waals surface area contributed by atoms with E-state index in [0.29, 0.717) is 23.6 Å². The molecule has 5 nitrogen and oxygen atoms in total. The van der Waals surface area contributed by atoms with Gasteiger partial charge in [0, 0.05) is 17.6 Å². The fourth-order valence-corrected chi connectivity index (χ4v) is 2.76. The van der Waals surface area contributed by atoms with E-state index in [1.165, 1.54) is 33.5 Å². The predicted octanol–water partition coefficient (Wildman–Crippen LogP) is 3.01. The molecule has 21 heavy (non-hydrogen) atoms. The summed E-state index contributed by atoms with van der Waals surface area (Å²) in [6.45, 7) is 4.40. The maximum atomic E-state index is 9.91. The summed E-state index contributed by atoms with van der Waals surface area (Å²) in [5.41, 5.74) is 0.839. The highest BCUT2D eigenvalue weighted by atomic mass is 16.5.